The van der Waals surface area contributed by atoms with Crippen LogP contribution in [0.3, 0.4) is 0 Å². The molecule has 0 unspecified atom stereocenters. The van der Waals surface area contributed by atoms with Crippen LogP contribution >= 0.6 is 11.6 Å². The van der Waals surface area contributed by atoms with Crippen molar-refractivity contribution in [2.24, 2.45) is 5.41 Å². The molecule has 10 heteroatoms. The zero-order valence-corrected chi connectivity index (χ0v) is 22.0. The fraction of sp³-hybridized carbons (Fsp3) is 0.615. The number of halogens is 1. The fourth-order valence-corrected chi connectivity index (χ4v) is 4.89. The van der Waals surface area contributed by atoms with E-state index in [1.54, 1.807) is 12.1 Å². The van der Waals surface area contributed by atoms with Crippen molar-refractivity contribution in [2.45, 2.75) is 45.4 Å². The smallest absolute Gasteiger partial charge is 0.227 e. The van der Waals surface area contributed by atoms with E-state index in [0.29, 0.717) is 75.0 Å². The number of piperidine rings is 1. The monoisotopic (exact) mass is 517 g/mol. The van der Waals surface area contributed by atoms with E-state index in [0.717, 1.165) is 31.9 Å². The first-order valence-electron chi connectivity index (χ1n) is 12.8. The van der Waals surface area contributed by atoms with E-state index < -0.39 is 0 Å². The molecule has 2 aromatic rings. The number of aromatic nitrogens is 2. The van der Waals surface area contributed by atoms with Crippen LogP contribution in [0.1, 0.15) is 44.3 Å². The number of rotatable bonds is 9. The molecule has 2 aliphatic rings. The van der Waals surface area contributed by atoms with Crippen molar-refractivity contribution < 1.29 is 18.8 Å². The molecule has 0 N–H and O–H groups in total. The Morgan fingerprint density at radius 2 is 1.69 bits per heavy atom. The maximum atomic E-state index is 13.3. The third-order valence-electron chi connectivity index (χ3n) is 7.30. The molecule has 0 saturated carbocycles. The Hall–Kier alpha value is -2.65. The average molecular weight is 518 g/mol. The SMILES string of the molecule is CCc1noc(CCC(=O)N2CCC(COc3ccc(Cl)cc3)(CC(=O)N3CCN(C)CC3)CC2)n1. The highest BCUT2D eigenvalue weighted by molar-refractivity contribution is 6.30. The minimum atomic E-state index is -0.320. The molecule has 1 aromatic heterocycles. The molecule has 9 nitrogen and oxygen atoms in total. The highest BCUT2D eigenvalue weighted by Gasteiger charge is 2.40. The van der Waals surface area contributed by atoms with Gasteiger partial charge < -0.3 is 24.0 Å². The largest absolute Gasteiger partial charge is 0.493 e. The van der Waals surface area contributed by atoms with Crippen LogP contribution in [0.25, 0.3) is 0 Å². The number of ether oxygens (including phenoxy) is 1. The van der Waals surface area contributed by atoms with Gasteiger partial charge in [0.2, 0.25) is 17.7 Å². The predicted octanol–water partition coefficient (Wildman–Crippen LogP) is 3.07. The lowest BCUT2D eigenvalue weighted by Gasteiger charge is -2.42. The summed E-state index contributed by atoms with van der Waals surface area (Å²) >= 11 is 6.01. The molecule has 2 saturated heterocycles. The van der Waals surface area contributed by atoms with Gasteiger partial charge in [-0.1, -0.05) is 23.7 Å². The molecule has 2 aliphatic heterocycles. The number of benzene rings is 1. The Morgan fingerprint density at radius 3 is 2.33 bits per heavy atom. The van der Waals surface area contributed by atoms with Crippen LogP contribution in [-0.2, 0) is 22.4 Å². The molecule has 4 rings (SSSR count). The quantitative estimate of drug-likeness (QED) is 0.504. The van der Waals surface area contributed by atoms with E-state index >= 15 is 0 Å². The second-order valence-electron chi connectivity index (χ2n) is 9.94. The molecule has 2 amide bonds. The second-order valence-corrected chi connectivity index (χ2v) is 10.4. The molecule has 3 heterocycles. The number of carbonyl (C=O) groups is 2. The standard InChI is InChI=1S/C26H36ClN5O4/c1-3-22-28-23(36-29-22)8-9-24(33)31-12-10-26(11-13-31,19-35-21-6-4-20(27)5-7-21)18-25(34)32-16-14-30(2)15-17-32/h4-7H,3,8-19H2,1-2H3. The predicted molar refractivity (Wildman–Crippen MR) is 136 cm³/mol. The van der Waals surface area contributed by atoms with Gasteiger partial charge in [-0.2, -0.15) is 4.98 Å². The average Bonchev–Trinajstić information content (AvgIpc) is 3.36. The van der Waals surface area contributed by atoms with Crippen LogP contribution in [0.2, 0.25) is 5.02 Å². The van der Waals surface area contributed by atoms with Gasteiger partial charge in [-0.3, -0.25) is 9.59 Å². The van der Waals surface area contributed by atoms with Crippen LogP contribution in [0.4, 0.5) is 0 Å². The van der Waals surface area contributed by atoms with Crippen molar-refractivity contribution in [1.29, 1.82) is 0 Å². The summed E-state index contributed by atoms with van der Waals surface area (Å²) in [7, 11) is 2.08. The topological polar surface area (TPSA) is 92.0 Å². The first-order valence-corrected chi connectivity index (χ1v) is 13.2. The Bertz CT molecular complexity index is 1010. The van der Waals surface area contributed by atoms with Crippen molar-refractivity contribution in [3.63, 3.8) is 0 Å². The summed E-state index contributed by atoms with van der Waals surface area (Å²) in [5.74, 6) is 2.14. The number of amides is 2. The van der Waals surface area contributed by atoms with Gasteiger partial charge in [0.15, 0.2) is 5.82 Å². The van der Waals surface area contributed by atoms with E-state index in [1.165, 1.54) is 0 Å². The van der Waals surface area contributed by atoms with E-state index in [-0.39, 0.29) is 17.2 Å². The zero-order chi connectivity index (χ0) is 25.5. The number of piperazine rings is 1. The maximum absolute atomic E-state index is 13.3. The summed E-state index contributed by atoms with van der Waals surface area (Å²) in [6.45, 7) is 6.88. The van der Waals surface area contributed by atoms with Crippen LogP contribution in [-0.4, -0.2) is 89.6 Å². The molecule has 0 radical (unpaired) electrons. The number of hydrogen-bond acceptors (Lipinski definition) is 7. The van der Waals surface area contributed by atoms with Gasteiger partial charge in [0, 0.05) is 75.4 Å². The summed E-state index contributed by atoms with van der Waals surface area (Å²) < 4.78 is 11.4. The van der Waals surface area contributed by atoms with E-state index in [9.17, 15) is 9.59 Å². The maximum Gasteiger partial charge on any atom is 0.227 e. The normalized spacial score (nSPS) is 18.3. The van der Waals surface area contributed by atoms with Gasteiger partial charge in [0.05, 0.1) is 6.61 Å². The highest BCUT2D eigenvalue weighted by atomic mass is 35.5. The molecule has 0 bridgehead atoms. The Morgan fingerprint density at radius 1 is 1.03 bits per heavy atom. The summed E-state index contributed by atoms with van der Waals surface area (Å²) in [6, 6.07) is 7.29. The third-order valence-corrected chi connectivity index (χ3v) is 7.55. The lowest BCUT2D eigenvalue weighted by atomic mass is 9.75. The van der Waals surface area contributed by atoms with Crippen LogP contribution in [0, 0.1) is 5.41 Å². The Labute approximate surface area is 217 Å². The molecular formula is C26H36ClN5O4. The van der Waals surface area contributed by atoms with Gasteiger partial charge in [-0.25, -0.2) is 0 Å². The molecule has 196 valence electrons. The summed E-state index contributed by atoms with van der Waals surface area (Å²) in [4.78, 5) is 36.5. The lowest BCUT2D eigenvalue weighted by Crippen LogP contribution is -2.51. The van der Waals surface area contributed by atoms with Gasteiger partial charge in [-0.05, 0) is 44.2 Å². The summed E-state index contributed by atoms with van der Waals surface area (Å²) in [5.41, 5.74) is -0.320. The number of likely N-dealkylation sites (N-methyl/N-ethyl adjacent to an activating group) is 1. The van der Waals surface area contributed by atoms with Gasteiger partial charge in [0.1, 0.15) is 5.75 Å². The van der Waals surface area contributed by atoms with Crippen molar-refractivity contribution in [2.75, 3.05) is 52.9 Å². The first-order chi connectivity index (χ1) is 17.4. The molecule has 0 spiro atoms. The molecule has 1 aromatic carbocycles. The minimum absolute atomic E-state index is 0.0730. The number of carbonyl (C=O) groups excluding carboxylic acids is 2. The molecule has 0 atom stereocenters. The van der Waals surface area contributed by atoms with Crippen LogP contribution in [0.15, 0.2) is 28.8 Å². The molecular weight excluding hydrogens is 482 g/mol. The first kappa shape index (κ1) is 26.4. The van der Waals surface area contributed by atoms with Gasteiger partial charge in [-0.15, -0.1) is 0 Å². The van der Waals surface area contributed by atoms with E-state index in [4.69, 9.17) is 20.9 Å². The number of aryl methyl sites for hydroxylation is 2. The van der Waals surface area contributed by atoms with Crippen molar-refractivity contribution >= 4 is 23.4 Å². The van der Waals surface area contributed by atoms with E-state index in [2.05, 4.69) is 22.1 Å². The second kappa shape index (κ2) is 12.1. The highest BCUT2D eigenvalue weighted by Crippen LogP contribution is 2.37. The van der Waals surface area contributed by atoms with Gasteiger partial charge >= 0.3 is 0 Å². The van der Waals surface area contributed by atoms with E-state index in [1.807, 2.05) is 28.9 Å². The zero-order valence-electron chi connectivity index (χ0n) is 21.2. The molecule has 0 aliphatic carbocycles. The molecule has 2 fully saturated rings. The number of likely N-dealkylation sites (tertiary alicyclic amines) is 1. The fourth-order valence-electron chi connectivity index (χ4n) is 4.77. The summed E-state index contributed by atoms with van der Waals surface area (Å²) in [5, 5.41) is 4.55. The van der Waals surface area contributed by atoms with Crippen molar-refractivity contribution in [3.05, 3.63) is 41.0 Å². The number of nitrogens with zero attached hydrogens (tertiary/aromatic N) is 5. The van der Waals surface area contributed by atoms with Crippen molar-refractivity contribution in [1.82, 2.24) is 24.8 Å². The summed E-state index contributed by atoms with van der Waals surface area (Å²) in [6.07, 6.45) is 3.33. The van der Waals surface area contributed by atoms with Gasteiger partial charge in [0.25, 0.3) is 0 Å². The Balaban J connectivity index is 1.36. The Kier molecular flexibility index (Phi) is 8.85. The third kappa shape index (κ3) is 6.97. The van der Waals surface area contributed by atoms with Crippen molar-refractivity contribution in [3.8, 4) is 5.75 Å². The number of hydrogen-bond donors (Lipinski definition) is 0. The van der Waals surface area contributed by atoms with Crippen LogP contribution < -0.4 is 4.74 Å². The minimum Gasteiger partial charge on any atom is -0.493 e. The van der Waals surface area contributed by atoms with Crippen LogP contribution in [0.5, 0.6) is 5.75 Å². The lowest BCUT2D eigenvalue weighted by molar-refractivity contribution is -0.139. The molecule has 36 heavy (non-hydrogen) atoms.